The van der Waals surface area contributed by atoms with E-state index in [1.807, 2.05) is 11.8 Å². The summed E-state index contributed by atoms with van der Waals surface area (Å²) in [5.41, 5.74) is 0.630. The van der Waals surface area contributed by atoms with Crippen molar-refractivity contribution >= 4 is 5.97 Å². The molecule has 1 fully saturated rings. The van der Waals surface area contributed by atoms with Gasteiger partial charge in [0.15, 0.2) is 0 Å². The van der Waals surface area contributed by atoms with Crippen LogP contribution in [-0.4, -0.2) is 29.1 Å². The lowest BCUT2D eigenvalue weighted by molar-refractivity contribution is -0.142. The Morgan fingerprint density at radius 3 is 2.76 bits per heavy atom. The van der Waals surface area contributed by atoms with Gasteiger partial charge in [0.2, 0.25) is 0 Å². The topological polar surface area (TPSA) is 40.5 Å². The molecule has 0 radical (unpaired) electrons. The number of aliphatic carboxylic acids is 1. The van der Waals surface area contributed by atoms with Gasteiger partial charge in [0, 0.05) is 25.2 Å². The third kappa shape index (κ3) is 2.64. The predicted molar refractivity (Wildman–Crippen MR) is 62.0 cm³/mol. The molecule has 1 aliphatic heterocycles. The van der Waals surface area contributed by atoms with Crippen LogP contribution in [0.25, 0.3) is 0 Å². The fourth-order valence-electron chi connectivity index (χ4n) is 2.39. The minimum absolute atomic E-state index is 0.124. The summed E-state index contributed by atoms with van der Waals surface area (Å²) in [6.07, 6.45) is 0. The van der Waals surface area contributed by atoms with E-state index in [1.54, 1.807) is 18.2 Å². The van der Waals surface area contributed by atoms with Crippen molar-refractivity contribution in [1.82, 2.24) is 4.90 Å². The van der Waals surface area contributed by atoms with E-state index in [1.165, 1.54) is 6.07 Å². The Morgan fingerprint density at radius 1 is 1.47 bits per heavy atom. The number of likely N-dealkylation sites (tertiary alicyclic amines) is 1. The van der Waals surface area contributed by atoms with Crippen molar-refractivity contribution in [3.8, 4) is 0 Å². The van der Waals surface area contributed by atoms with Crippen molar-refractivity contribution in [2.45, 2.75) is 13.5 Å². The van der Waals surface area contributed by atoms with Crippen molar-refractivity contribution in [3.05, 3.63) is 35.6 Å². The number of carbonyl (C=O) groups is 1. The lowest BCUT2D eigenvalue weighted by atomic mass is 9.99. The van der Waals surface area contributed by atoms with Crippen LogP contribution in [-0.2, 0) is 11.3 Å². The molecule has 1 heterocycles. The summed E-state index contributed by atoms with van der Waals surface area (Å²) in [5, 5.41) is 9.02. The first-order valence-electron chi connectivity index (χ1n) is 5.76. The third-order valence-corrected chi connectivity index (χ3v) is 3.36. The summed E-state index contributed by atoms with van der Waals surface area (Å²) in [6.45, 7) is 3.64. The minimum atomic E-state index is -0.756. The van der Waals surface area contributed by atoms with E-state index in [0.29, 0.717) is 25.2 Å². The van der Waals surface area contributed by atoms with Gasteiger partial charge in [-0.25, -0.2) is 4.39 Å². The molecule has 1 saturated heterocycles. The Labute approximate surface area is 99.9 Å². The zero-order chi connectivity index (χ0) is 12.4. The summed E-state index contributed by atoms with van der Waals surface area (Å²) in [7, 11) is 0. The average molecular weight is 237 g/mol. The van der Waals surface area contributed by atoms with Gasteiger partial charge in [0.05, 0.1) is 5.92 Å². The summed E-state index contributed by atoms with van der Waals surface area (Å²) in [4.78, 5) is 13.0. The molecule has 92 valence electrons. The largest absolute Gasteiger partial charge is 0.481 e. The quantitative estimate of drug-likeness (QED) is 0.873. The van der Waals surface area contributed by atoms with Gasteiger partial charge in [-0.15, -0.1) is 0 Å². The molecule has 0 bridgehead atoms. The second-order valence-corrected chi connectivity index (χ2v) is 4.71. The fourth-order valence-corrected chi connectivity index (χ4v) is 2.39. The highest BCUT2D eigenvalue weighted by molar-refractivity contribution is 5.71. The SMILES string of the molecule is C[C@@H]1CN(Cc2ccccc2F)C[C@H]1C(=O)O. The van der Waals surface area contributed by atoms with Crippen LogP contribution in [0.2, 0.25) is 0 Å². The number of hydrogen-bond acceptors (Lipinski definition) is 2. The molecule has 4 heteroatoms. The van der Waals surface area contributed by atoms with E-state index in [9.17, 15) is 9.18 Å². The second-order valence-electron chi connectivity index (χ2n) is 4.71. The van der Waals surface area contributed by atoms with Crippen LogP contribution in [0, 0.1) is 17.7 Å². The van der Waals surface area contributed by atoms with Gasteiger partial charge in [-0.3, -0.25) is 9.69 Å². The van der Waals surface area contributed by atoms with Crippen LogP contribution in [0.3, 0.4) is 0 Å². The minimum Gasteiger partial charge on any atom is -0.481 e. The van der Waals surface area contributed by atoms with E-state index in [-0.39, 0.29) is 17.7 Å². The van der Waals surface area contributed by atoms with Gasteiger partial charge in [-0.2, -0.15) is 0 Å². The molecule has 0 aromatic heterocycles. The molecule has 2 atom stereocenters. The van der Waals surface area contributed by atoms with E-state index in [0.717, 1.165) is 0 Å². The van der Waals surface area contributed by atoms with E-state index in [4.69, 9.17) is 5.11 Å². The lowest BCUT2D eigenvalue weighted by Crippen LogP contribution is -2.23. The number of carboxylic acids is 1. The molecule has 0 amide bonds. The van der Waals surface area contributed by atoms with Gasteiger partial charge >= 0.3 is 5.97 Å². The highest BCUT2D eigenvalue weighted by Crippen LogP contribution is 2.25. The molecule has 1 aromatic rings. The van der Waals surface area contributed by atoms with Gasteiger partial charge < -0.3 is 5.11 Å². The third-order valence-electron chi connectivity index (χ3n) is 3.36. The van der Waals surface area contributed by atoms with Crippen LogP contribution in [0.1, 0.15) is 12.5 Å². The molecule has 17 heavy (non-hydrogen) atoms. The highest BCUT2D eigenvalue weighted by Gasteiger charge is 2.34. The zero-order valence-electron chi connectivity index (χ0n) is 9.77. The van der Waals surface area contributed by atoms with Gasteiger partial charge in [0.25, 0.3) is 0 Å². The monoisotopic (exact) mass is 237 g/mol. The number of halogens is 1. The first-order valence-corrected chi connectivity index (χ1v) is 5.76. The molecule has 0 spiro atoms. The lowest BCUT2D eigenvalue weighted by Gasteiger charge is -2.15. The molecule has 0 aliphatic carbocycles. The molecule has 1 aliphatic rings. The maximum atomic E-state index is 13.5. The summed E-state index contributed by atoms with van der Waals surface area (Å²) in [5.74, 6) is -1.19. The number of benzene rings is 1. The van der Waals surface area contributed by atoms with Crippen LogP contribution >= 0.6 is 0 Å². The first-order chi connectivity index (χ1) is 8.08. The van der Waals surface area contributed by atoms with E-state index < -0.39 is 5.97 Å². The van der Waals surface area contributed by atoms with Crippen LogP contribution in [0.15, 0.2) is 24.3 Å². The standard InChI is InChI=1S/C13H16FNO2/c1-9-6-15(8-11(9)13(16)17)7-10-4-2-3-5-12(10)14/h2-5,9,11H,6-8H2,1H3,(H,16,17)/t9-,11-/m1/s1. The Bertz CT molecular complexity index is 422. The Hall–Kier alpha value is -1.42. The van der Waals surface area contributed by atoms with Crippen molar-refractivity contribution < 1.29 is 14.3 Å². The number of nitrogens with zero attached hydrogens (tertiary/aromatic N) is 1. The number of hydrogen-bond donors (Lipinski definition) is 1. The molecule has 1 aromatic carbocycles. The van der Waals surface area contributed by atoms with E-state index >= 15 is 0 Å². The van der Waals surface area contributed by atoms with Gasteiger partial charge in [-0.05, 0) is 12.0 Å². The first kappa shape index (κ1) is 12.0. The van der Waals surface area contributed by atoms with E-state index in [2.05, 4.69) is 0 Å². The predicted octanol–water partition coefficient (Wildman–Crippen LogP) is 1.98. The Kier molecular flexibility index (Phi) is 3.43. The molecular weight excluding hydrogens is 221 g/mol. The molecule has 1 N–H and O–H groups in total. The Morgan fingerprint density at radius 2 is 2.18 bits per heavy atom. The fraction of sp³-hybridized carbons (Fsp3) is 0.462. The smallest absolute Gasteiger partial charge is 0.308 e. The number of rotatable bonds is 3. The molecule has 3 nitrogen and oxygen atoms in total. The average Bonchev–Trinajstić information content (AvgIpc) is 2.63. The van der Waals surface area contributed by atoms with Crippen molar-refractivity contribution in [3.63, 3.8) is 0 Å². The maximum Gasteiger partial charge on any atom is 0.308 e. The van der Waals surface area contributed by atoms with Crippen LogP contribution < -0.4 is 0 Å². The van der Waals surface area contributed by atoms with Gasteiger partial charge in [0.1, 0.15) is 5.82 Å². The summed E-state index contributed by atoms with van der Waals surface area (Å²) >= 11 is 0. The molecule has 2 rings (SSSR count). The normalized spacial score (nSPS) is 25.1. The van der Waals surface area contributed by atoms with Crippen molar-refractivity contribution in [2.24, 2.45) is 11.8 Å². The van der Waals surface area contributed by atoms with Crippen molar-refractivity contribution in [2.75, 3.05) is 13.1 Å². The Balaban J connectivity index is 2.03. The summed E-state index contributed by atoms with van der Waals surface area (Å²) in [6, 6.07) is 6.63. The molecule has 0 saturated carbocycles. The summed E-state index contributed by atoms with van der Waals surface area (Å²) < 4.78 is 13.5. The molecular formula is C13H16FNO2. The van der Waals surface area contributed by atoms with Crippen LogP contribution in [0.4, 0.5) is 4.39 Å². The zero-order valence-corrected chi connectivity index (χ0v) is 9.77. The van der Waals surface area contributed by atoms with Crippen molar-refractivity contribution in [1.29, 1.82) is 0 Å². The maximum absolute atomic E-state index is 13.5. The van der Waals surface area contributed by atoms with Crippen LogP contribution in [0.5, 0.6) is 0 Å². The number of carboxylic acid groups (broad SMARTS) is 1. The van der Waals surface area contributed by atoms with Gasteiger partial charge in [-0.1, -0.05) is 25.1 Å². The second kappa shape index (κ2) is 4.84. The highest BCUT2D eigenvalue weighted by atomic mass is 19.1. The molecule has 0 unspecified atom stereocenters.